The second kappa shape index (κ2) is 10.1. The minimum Gasteiger partial charge on any atom is -0.477 e. The number of halogens is 2. The number of hydrogen-bond donors (Lipinski definition) is 1. The van der Waals surface area contributed by atoms with E-state index in [1.54, 1.807) is 17.0 Å². The summed E-state index contributed by atoms with van der Waals surface area (Å²) in [7, 11) is 0. The molecule has 0 aliphatic carbocycles. The number of aromatic carboxylic acids is 1. The van der Waals surface area contributed by atoms with E-state index < -0.39 is 17.3 Å². The molecule has 0 spiro atoms. The molecule has 10 heteroatoms. The molecule has 41 heavy (non-hydrogen) atoms. The van der Waals surface area contributed by atoms with Crippen molar-refractivity contribution < 1.29 is 23.5 Å². The van der Waals surface area contributed by atoms with Crippen molar-refractivity contribution in [3.63, 3.8) is 0 Å². The van der Waals surface area contributed by atoms with Gasteiger partial charge in [-0.2, -0.15) is 0 Å². The fourth-order valence-corrected chi connectivity index (χ4v) is 5.39. The van der Waals surface area contributed by atoms with E-state index >= 15 is 0 Å². The van der Waals surface area contributed by atoms with Crippen molar-refractivity contribution in [2.24, 2.45) is 0 Å². The van der Waals surface area contributed by atoms with E-state index in [9.17, 15) is 19.1 Å². The zero-order valence-corrected chi connectivity index (χ0v) is 24.6. The number of carbonyl (C=O) groups excluding carboxylic acids is 1. The van der Waals surface area contributed by atoms with Crippen LogP contribution >= 0.6 is 11.6 Å². The lowest BCUT2D eigenvalue weighted by molar-refractivity contribution is 0.0483. The van der Waals surface area contributed by atoms with Gasteiger partial charge in [0.2, 0.25) is 0 Å². The monoisotopic (exact) mass is 578 g/mol. The molecular formula is C31H32ClFN4O4. The van der Waals surface area contributed by atoms with E-state index in [0.717, 1.165) is 11.1 Å². The van der Waals surface area contributed by atoms with Gasteiger partial charge in [-0.05, 0) is 62.1 Å². The number of pyridine rings is 2. The molecule has 1 aliphatic heterocycles. The minimum absolute atomic E-state index is 0.0125. The fourth-order valence-electron chi connectivity index (χ4n) is 5.27. The van der Waals surface area contributed by atoms with Crippen molar-refractivity contribution in [1.29, 1.82) is 0 Å². The predicted molar refractivity (Wildman–Crippen MR) is 156 cm³/mol. The van der Waals surface area contributed by atoms with Crippen LogP contribution in [0.4, 0.5) is 10.2 Å². The molecule has 1 fully saturated rings. The Morgan fingerprint density at radius 3 is 2.44 bits per heavy atom. The molecule has 8 nitrogen and oxygen atoms in total. The lowest BCUT2D eigenvalue weighted by atomic mass is 9.86. The van der Waals surface area contributed by atoms with Gasteiger partial charge in [-0.3, -0.25) is 4.79 Å². The molecule has 0 saturated carbocycles. The van der Waals surface area contributed by atoms with Crippen LogP contribution < -0.4 is 4.90 Å². The standard InChI is InChI=1S/C31H32ClFN4O4/c1-17-11-24(29(39)40)35-26(12-17)36-9-10-37(31(5,6)16-36)28(38)25-15-23-27(41-25)19(30(2,3)4)14-22(34-23)18-7-8-20(32)21(33)13-18/h7-8,11-15H,9-10,16H2,1-6H3,(H,39,40). The van der Waals surface area contributed by atoms with Crippen LogP contribution in [-0.2, 0) is 5.41 Å². The summed E-state index contributed by atoms with van der Waals surface area (Å²) in [5.74, 6) is -1.15. The van der Waals surface area contributed by atoms with Crippen molar-refractivity contribution in [1.82, 2.24) is 14.9 Å². The van der Waals surface area contributed by atoms with Gasteiger partial charge in [-0.1, -0.05) is 38.4 Å². The predicted octanol–water partition coefficient (Wildman–Crippen LogP) is 6.73. The molecule has 0 bridgehead atoms. The van der Waals surface area contributed by atoms with Crippen LogP contribution in [0.2, 0.25) is 5.02 Å². The normalized spacial score (nSPS) is 15.4. The first-order chi connectivity index (χ1) is 19.1. The van der Waals surface area contributed by atoms with Crippen molar-refractivity contribution in [3.8, 4) is 11.3 Å². The molecule has 1 amide bonds. The van der Waals surface area contributed by atoms with Crippen LogP contribution in [0.15, 0.2) is 46.9 Å². The number of piperazine rings is 1. The van der Waals surface area contributed by atoms with Crippen LogP contribution in [0.3, 0.4) is 0 Å². The number of anilines is 1. The quantitative estimate of drug-likeness (QED) is 0.287. The average molecular weight is 579 g/mol. The molecule has 1 aromatic carbocycles. The van der Waals surface area contributed by atoms with Gasteiger partial charge in [0.25, 0.3) is 5.91 Å². The molecular weight excluding hydrogens is 547 g/mol. The van der Waals surface area contributed by atoms with Gasteiger partial charge in [0.05, 0.1) is 16.3 Å². The van der Waals surface area contributed by atoms with E-state index in [0.29, 0.717) is 47.8 Å². The van der Waals surface area contributed by atoms with E-state index in [1.807, 2.05) is 58.6 Å². The van der Waals surface area contributed by atoms with Crippen molar-refractivity contribution in [2.45, 2.75) is 52.5 Å². The maximum atomic E-state index is 14.3. The molecule has 3 aromatic heterocycles. The number of hydrogen-bond acceptors (Lipinski definition) is 6. The third-order valence-corrected chi connectivity index (χ3v) is 7.67. The number of aryl methyl sites for hydroxylation is 1. The first-order valence-electron chi connectivity index (χ1n) is 13.3. The van der Waals surface area contributed by atoms with Crippen LogP contribution in [0.25, 0.3) is 22.4 Å². The van der Waals surface area contributed by atoms with Gasteiger partial charge < -0.3 is 19.3 Å². The van der Waals surface area contributed by atoms with Crippen LogP contribution in [0, 0.1) is 12.7 Å². The third kappa shape index (κ3) is 5.51. The summed E-state index contributed by atoms with van der Waals surface area (Å²) < 4.78 is 20.4. The third-order valence-electron chi connectivity index (χ3n) is 7.36. The van der Waals surface area contributed by atoms with Gasteiger partial charge in [0.15, 0.2) is 17.0 Å². The number of nitrogens with zero attached hydrogens (tertiary/aromatic N) is 4. The second-order valence-corrected chi connectivity index (χ2v) is 12.6. The molecule has 0 radical (unpaired) electrons. The molecule has 1 N–H and O–H groups in total. The van der Waals surface area contributed by atoms with Crippen molar-refractivity contribution in [3.05, 3.63) is 75.9 Å². The van der Waals surface area contributed by atoms with Crippen LogP contribution in [-0.4, -0.2) is 57.0 Å². The summed E-state index contributed by atoms with van der Waals surface area (Å²) in [5, 5.41) is 9.47. The lowest BCUT2D eigenvalue weighted by Gasteiger charge is -2.47. The minimum atomic E-state index is -1.08. The van der Waals surface area contributed by atoms with Crippen molar-refractivity contribution >= 4 is 40.4 Å². The Balaban J connectivity index is 1.48. The summed E-state index contributed by atoms with van der Waals surface area (Å²) in [6, 6.07) is 11.5. The summed E-state index contributed by atoms with van der Waals surface area (Å²) >= 11 is 5.89. The van der Waals surface area contributed by atoms with Crippen LogP contribution in [0.5, 0.6) is 0 Å². The Morgan fingerprint density at radius 1 is 1.07 bits per heavy atom. The maximum Gasteiger partial charge on any atom is 0.354 e. The molecule has 4 heterocycles. The summed E-state index contributed by atoms with van der Waals surface area (Å²) in [6.07, 6.45) is 0. The number of carboxylic acid groups (broad SMARTS) is 1. The molecule has 1 aliphatic rings. The molecule has 0 unspecified atom stereocenters. The Morgan fingerprint density at radius 2 is 1.80 bits per heavy atom. The smallest absolute Gasteiger partial charge is 0.354 e. The SMILES string of the molecule is Cc1cc(C(=O)O)nc(N2CCN(C(=O)c3cc4nc(-c5ccc(Cl)c(F)c5)cc(C(C)(C)C)c4o3)C(C)(C)C2)c1. The lowest BCUT2D eigenvalue weighted by Crippen LogP contribution is -2.61. The zero-order chi connectivity index (χ0) is 29.9. The van der Waals surface area contributed by atoms with Crippen molar-refractivity contribution in [2.75, 3.05) is 24.5 Å². The molecule has 4 aromatic rings. The Labute approximate surface area is 242 Å². The number of carboxylic acids is 1. The first kappa shape index (κ1) is 28.5. The molecule has 0 atom stereocenters. The average Bonchev–Trinajstić information content (AvgIpc) is 3.32. The highest BCUT2D eigenvalue weighted by atomic mass is 35.5. The second-order valence-electron chi connectivity index (χ2n) is 12.1. The summed E-state index contributed by atoms with van der Waals surface area (Å²) in [5.41, 5.74) is 2.81. The van der Waals surface area contributed by atoms with Gasteiger partial charge in [0.1, 0.15) is 17.2 Å². The highest BCUT2D eigenvalue weighted by Gasteiger charge is 2.39. The largest absolute Gasteiger partial charge is 0.477 e. The number of furan rings is 1. The molecule has 5 rings (SSSR count). The van der Waals surface area contributed by atoms with E-state index in [2.05, 4.69) is 4.98 Å². The highest BCUT2D eigenvalue weighted by Crippen LogP contribution is 2.36. The molecule has 214 valence electrons. The zero-order valence-electron chi connectivity index (χ0n) is 23.9. The Bertz CT molecular complexity index is 1690. The van der Waals surface area contributed by atoms with E-state index in [-0.39, 0.29) is 27.8 Å². The number of rotatable bonds is 4. The fraction of sp³-hybridized carbons (Fsp3) is 0.355. The van der Waals surface area contributed by atoms with Gasteiger partial charge in [-0.15, -0.1) is 0 Å². The number of amides is 1. The first-order valence-corrected chi connectivity index (χ1v) is 13.7. The van der Waals surface area contributed by atoms with Gasteiger partial charge in [0, 0.05) is 36.8 Å². The Kier molecular flexibility index (Phi) is 7.06. The van der Waals surface area contributed by atoms with Crippen LogP contribution in [0.1, 0.15) is 66.8 Å². The van der Waals surface area contributed by atoms with Gasteiger partial charge in [-0.25, -0.2) is 19.2 Å². The van der Waals surface area contributed by atoms with Gasteiger partial charge >= 0.3 is 5.97 Å². The van der Waals surface area contributed by atoms with E-state index in [4.69, 9.17) is 21.0 Å². The summed E-state index contributed by atoms with van der Waals surface area (Å²) in [6.45, 7) is 13.2. The Hall–Kier alpha value is -3.98. The molecule has 1 saturated heterocycles. The summed E-state index contributed by atoms with van der Waals surface area (Å²) in [4.78, 5) is 38.2. The number of carbonyl (C=O) groups is 2. The number of benzene rings is 1. The topological polar surface area (TPSA) is 99.8 Å². The number of aromatic nitrogens is 2. The highest BCUT2D eigenvalue weighted by molar-refractivity contribution is 6.30. The van der Waals surface area contributed by atoms with E-state index in [1.165, 1.54) is 18.2 Å². The number of fused-ring (bicyclic) bond motifs is 1. The maximum absolute atomic E-state index is 14.3.